The predicted octanol–water partition coefficient (Wildman–Crippen LogP) is 2.26. The van der Waals surface area contributed by atoms with E-state index in [1.165, 1.54) is 0 Å². The molecule has 1 atom stereocenters. The van der Waals surface area contributed by atoms with Gasteiger partial charge in [-0.25, -0.2) is 0 Å². The minimum Gasteiger partial charge on any atom is -0.355 e. The fourth-order valence-corrected chi connectivity index (χ4v) is 3.72. The highest BCUT2D eigenvalue weighted by atomic mass is 35.5. The van der Waals surface area contributed by atoms with E-state index in [2.05, 4.69) is 10.6 Å². The van der Waals surface area contributed by atoms with Crippen molar-refractivity contribution in [3.63, 3.8) is 0 Å². The van der Waals surface area contributed by atoms with Crippen LogP contribution >= 0.6 is 11.6 Å². The Morgan fingerprint density at radius 1 is 1.12 bits per heavy atom. The molecule has 1 unspecified atom stereocenters. The first-order chi connectivity index (χ1) is 12.5. The summed E-state index contributed by atoms with van der Waals surface area (Å²) in [4.78, 5) is 38.3. The summed E-state index contributed by atoms with van der Waals surface area (Å²) in [6, 6.07) is 7.27. The van der Waals surface area contributed by atoms with Crippen LogP contribution in [0, 0.1) is 5.92 Å². The fourth-order valence-electron chi connectivity index (χ4n) is 3.59. The first-order valence-corrected chi connectivity index (χ1v) is 9.56. The van der Waals surface area contributed by atoms with Crippen LogP contribution in [-0.4, -0.2) is 36.9 Å². The van der Waals surface area contributed by atoms with Crippen LogP contribution < -0.4 is 15.5 Å². The SMILES string of the molecule is O=C(CCNC(=O)C1CCN(c2ccc(Cl)cc2)C1=O)NC1CCCC1. The molecule has 0 radical (unpaired) electrons. The van der Waals surface area contributed by atoms with Gasteiger partial charge in [-0.05, 0) is 43.5 Å². The molecular weight excluding hydrogens is 354 g/mol. The molecule has 3 rings (SSSR count). The first kappa shape index (κ1) is 18.7. The van der Waals surface area contributed by atoms with E-state index < -0.39 is 5.92 Å². The Kier molecular flexibility index (Phi) is 6.14. The molecule has 1 saturated heterocycles. The molecule has 6 nitrogen and oxygen atoms in total. The zero-order chi connectivity index (χ0) is 18.5. The number of carbonyl (C=O) groups excluding carboxylic acids is 3. The predicted molar refractivity (Wildman–Crippen MR) is 99.9 cm³/mol. The molecule has 26 heavy (non-hydrogen) atoms. The highest BCUT2D eigenvalue weighted by Gasteiger charge is 2.37. The average molecular weight is 378 g/mol. The summed E-state index contributed by atoms with van der Waals surface area (Å²) in [5, 5.41) is 6.31. The number of hydrogen-bond donors (Lipinski definition) is 2. The molecule has 1 aliphatic heterocycles. The zero-order valence-electron chi connectivity index (χ0n) is 14.7. The van der Waals surface area contributed by atoms with E-state index in [1.807, 2.05) is 0 Å². The average Bonchev–Trinajstić information content (AvgIpc) is 3.25. The number of amides is 3. The molecule has 140 valence electrons. The third-order valence-corrected chi connectivity index (χ3v) is 5.28. The minimum absolute atomic E-state index is 0.0438. The molecule has 1 aromatic carbocycles. The molecule has 2 N–H and O–H groups in total. The molecule has 0 spiro atoms. The van der Waals surface area contributed by atoms with Crippen molar-refractivity contribution in [3.05, 3.63) is 29.3 Å². The van der Waals surface area contributed by atoms with Gasteiger partial charge >= 0.3 is 0 Å². The van der Waals surface area contributed by atoms with E-state index >= 15 is 0 Å². The molecule has 0 aromatic heterocycles. The van der Waals surface area contributed by atoms with Crippen LogP contribution in [0.25, 0.3) is 0 Å². The molecule has 1 heterocycles. The highest BCUT2D eigenvalue weighted by molar-refractivity contribution is 6.30. The van der Waals surface area contributed by atoms with Gasteiger partial charge in [-0.2, -0.15) is 0 Å². The van der Waals surface area contributed by atoms with E-state index in [0.717, 1.165) is 31.4 Å². The summed E-state index contributed by atoms with van der Waals surface area (Å²) in [5.41, 5.74) is 0.741. The van der Waals surface area contributed by atoms with Crippen molar-refractivity contribution in [2.45, 2.75) is 44.6 Å². The maximum Gasteiger partial charge on any atom is 0.239 e. The largest absolute Gasteiger partial charge is 0.355 e. The third-order valence-electron chi connectivity index (χ3n) is 5.03. The lowest BCUT2D eigenvalue weighted by Gasteiger charge is -2.17. The smallest absolute Gasteiger partial charge is 0.239 e. The molecule has 2 fully saturated rings. The number of nitrogens with one attached hydrogen (secondary N) is 2. The van der Waals surface area contributed by atoms with Gasteiger partial charge in [0.1, 0.15) is 5.92 Å². The zero-order valence-corrected chi connectivity index (χ0v) is 15.4. The molecule has 1 aromatic rings. The topological polar surface area (TPSA) is 78.5 Å². The van der Waals surface area contributed by atoms with E-state index in [9.17, 15) is 14.4 Å². The lowest BCUT2D eigenvalue weighted by molar-refractivity contribution is -0.132. The number of anilines is 1. The fraction of sp³-hybridized carbons (Fsp3) is 0.526. The van der Waals surface area contributed by atoms with Crippen molar-refractivity contribution in [2.75, 3.05) is 18.0 Å². The van der Waals surface area contributed by atoms with Crippen LogP contribution in [0.1, 0.15) is 38.5 Å². The Morgan fingerprint density at radius 2 is 1.81 bits per heavy atom. The first-order valence-electron chi connectivity index (χ1n) is 9.18. The Balaban J connectivity index is 1.44. The summed E-state index contributed by atoms with van der Waals surface area (Å²) < 4.78 is 0. The number of hydrogen-bond acceptors (Lipinski definition) is 3. The molecule has 7 heteroatoms. The van der Waals surface area contributed by atoms with Crippen molar-refractivity contribution in [1.29, 1.82) is 0 Å². The monoisotopic (exact) mass is 377 g/mol. The normalized spacial score (nSPS) is 20.4. The molecule has 2 aliphatic rings. The van der Waals surface area contributed by atoms with Gasteiger partial charge in [-0.15, -0.1) is 0 Å². The number of nitrogens with zero attached hydrogens (tertiary/aromatic N) is 1. The molecular formula is C19H24ClN3O3. The van der Waals surface area contributed by atoms with Crippen LogP contribution in [0.3, 0.4) is 0 Å². The maximum absolute atomic E-state index is 12.5. The Morgan fingerprint density at radius 3 is 2.50 bits per heavy atom. The van der Waals surface area contributed by atoms with Crippen molar-refractivity contribution >= 4 is 35.0 Å². The summed E-state index contributed by atoms with van der Waals surface area (Å²) in [6.07, 6.45) is 5.11. The van der Waals surface area contributed by atoms with Gasteiger partial charge in [0.25, 0.3) is 0 Å². The summed E-state index contributed by atoms with van der Waals surface area (Å²) in [7, 11) is 0. The van der Waals surface area contributed by atoms with Gasteiger partial charge in [0.2, 0.25) is 17.7 Å². The highest BCUT2D eigenvalue weighted by Crippen LogP contribution is 2.26. The van der Waals surface area contributed by atoms with Crippen molar-refractivity contribution < 1.29 is 14.4 Å². The Hall–Kier alpha value is -2.08. The van der Waals surface area contributed by atoms with Crippen LogP contribution in [0.2, 0.25) is 5.02 Å². The van der Waals surface area contributed by atoms with Gasteiger partial charge in [0.15, 0.2) is 0 Å². The van der Waals surface area contributed by atoms with E-state index in [-0.39, 0.29) is 36.7 Å². The Labute approximate surface area is 158 Å². The van der Waals surface area contributed by atoms with E-state index in [0.29, 0.717) is 18.0 Å². The number of halogens is 1. The summed E-state index contributed by atoms with van der Waals surface area (Å²) >= 11 is 5.87. The lowest BCUT2D eigenvalue weighted by atomic mass is 10.1. The second-order valence-electron chi connectivity index (χ2n) is 6.90. The van der Waals surface area contributed by atoms with Gasteiger partial charge < -0.3 is 15.5 Å². The van der Waals surface area contributed by atoms with Gasteiger partial charge in [-0.1, -0.05) is 24.4 Å². The maximum atomic E-state index is 12.5. The van der Waals surface area contributed by atoms with Gasteiger partial charge in [-0.3, -0.25) is 14.4 Å². The van der Waals surface area contributed by atoms with Crippen LogP contribution in [0.15, 0.2) is 24.3 Å². The lowest BCUT2D eigenvalue weighted by Crippen LogP contribution is -2.39. The van der Waals surface area contributed by atoms with Crippen LogP contribution in [0.4, 0.5) is 5.69 Å². The molecule has 1 aliphatic carbocycles. The summed E-state index contributed by atoms with van der Waals surface area (Å²) in [5.74, 6) is -1.25. The van der Waals surface area contributed by atoms with Crippen LogP contribution in [0.5, 0.6) is 0 Å². The standard InChI is InChI=1S/C19H24ClN3O3/c20-13-5-7-15(8-6-13)23-12-10-16(19(23)26)18(25)21-11-9-17(24)22-14-3-1-2-4-14/h5-8,14,16H,1-4,9-12H2,(H,21,25)(H,22,24). The van der Waals surface area contributed by atoms with Crippen molar-refractivity contribution in [3.8, 4) is 0 Å². The summed E-state index contributed by atoms with van der Waals surface area (Å²) in [6.45, 7) is 0.753. The molecule has 1 saturated carbocycles. The molecule has 3 amide bonds. The van der Waals surface area contributed by atoms with Gasteiger partial charge in [0.05, 0.1) is 0 Å². The van der Waals surface area contributed by atoms with Gasteiger partial charge in [0, 0.05) is 36.3 Å². The van der Waals surface area contributed by atoms with Crippen LogP contribution in [-0.2, 0) is 14.4 Å². The quantitative estimate of drug-likeness (QED) is 0.746. The second kappa shape index (κ2) is 8.54. The minimum atomic E-state index is -0.691. The third kappa shape index (κ3) is 4.55. The van der Waals surface area contributed by atoms with Crippen molar-refractivity contribution in [1.82, 2.24) is 10.6 Å². The number of carbonyl (C=O) groups is 3. The van der Waals surface area contributed by atoms with E-state index in [4.69, 9.17) is 11.6 Å². The second-order valence-corrected chi connectivity index (χ2v) is 7.33. The number of benzene rings is 1. The Bertz CT molecular complexity index is 671. The van der Waals surface area contributed by atoms with Crippen molar-refractivity contribution in [2.24, 2.45) is 5.92 Å². The number of rotatable bonds is 6. The van der Waals surface area contributed by atoms with E-state index in [1.54, 1.807) is 29.2 Å². The molecule has 0 bridgehead atoms.